The molecule has 0 heterocycles. The summed E-state index contributed by atoms with van der Waals surface area (Å²) in [6, 6.07) is 0.749. The molecule has 0 aromatic rings. The summed E-state index contributed by atoms with van der Waals surface area (Å²) in [7, 11) is 0. The van der Waals surface area contributed by atoms with E-state index < -0.39 is 5.97 Å². The van der Waals surface area contributed by atoms with Crippen molar-refractivity contribution in [3.8, 4) is 0 Å². The molecule has 3 saturated carbocycles. The number of nitrogens with one attached hydrogen (secondary N) is 1. The van der Waals surface area contributed by atoms with Crippen molar-refractivity contribution in [3.05, 3.63) is 0 Å². The maximum absolute atomic E-state index is 11.5. The zero-order chi connectivity index (χ0) is 13.8. The van der Waals surface area contributed by atoms with E-state index in [1.54, 1.807) is 0 Å². The first kappa shape index (κ1) is 13.4. The van der Waals surface area contributed by atoms with E-state index in [4.69, 9.17) is 0 Å². The Morgan fingerprint density at radius 2 is 1.89 bits per heavy atom. The lowest BCUT2D eigenvalue weighted by Gasteiger charge is -2.33. The van der Waals surface area contributed by atoms with Gasteiger partial charge in [0.1, 0.15) is 0 Å². The van der Waals surface area contributed by atoms with E-state index in [0.717, 1.165) is 12.8 Å². The third-order valence-corrected chi connectivity index (χ3v) is 5.94. The lowest BCUT2D eigenvalue weighted by Crippen LogP contribution is -2.49. The molecule has 2 bridgehead atoms. The zero-order valence-electron chi connectivity index (χ0n) is 12.4. The van der Waals surface area contributed by atoms with Crippen molar-refractivity contribution in [2.45, 2.75) is 65.0 Å². The molecule has 3 fully saturated rings. The van der Waals surface area contributed by atoms with Gasteiger partial charge in [0.25, 0.3) is 0 Å². The monoisotopic (exact) mass is 265 g/mol. The minimum absolute atomic E-state index is 0.130. The predicted octanol–water partition coefficient (Wildman–Crippen LogP) is 2.90. The molecule has 3 aliphatic rings. The SMILES string of the molecule is CC1CC(C)(C)CC1NC1C2CCC(C2)C1C(=O)O. The molecule has 3 heteroatoms. The van der Waals surface area contributed by atoms with Crippen LogP contribution in [0.5, 0.6) is 0 Å². The molecule has 0 amide bonds. The Labute approximate surface area is 116 Å². The Morgan fingerprint density at radius 1 is 1.21 bits per heavy atom. The molecule has 2 N–H and O–H groups in total. The number of carbonyl (C=O) groups is 1. The second-order valence-corrected chi connectivity index (χ2v) is 8.05. The number of rotatable bonds is 3. The lowest BCUT2D eigenvalue weighted by molar-refractivity contribution is -0.144. The number of hydrogen-bond acceptors (Lipinski definition) is 2. The number of carboxylic acids is 1. The average molecular weight is 265 g/mol. The van der Waals surface area contributed by atoms with Gasteiger partial charge in [-0.25, -0.2) is 0 Å². The van der Waals surface area contributed by atoms with Gasteiger partial charge >= 0.3 is 5.97 Å². The summed E-state index contributed by atoms with van der Waals surface area (Å²) in [5.74, 6) is 1.01. The highest BCUT2D eigenvalue weighted by molar-refractivity contribution is 5.72. The maximum Gasteiger partial charge on any atom is 0.308 e. The molecule has 0 saturated heterocycles. The Morgan fingerprint density at radius 3 is 2.47 bits per heavy atom. The fraction of sp³-hybridized carbons (Fsp3) is 0.938. The van der Waals surface area contributed by atoms with Gasteiger partial charge in [0.2, 0.25) is 0 Å². The summed E-state index contributed by atoms with van der Waals surface area (Å²) in [4.78, 5) is 11.5. The molecular formula is C16H27NO2. The highest BCUT2D eigenvalue weighted by Crippen LogP contribution is 2.50. The van der Waals surface area contributed by atoms with E-state index in [0.29, 0.717) is 29.2 Å². The molecule has 3 nitrogen and oxygen atoms in total. The van der Waals surface area contributed by atoms with Crippen molar-refractivity contribution in [1.29, 1.82) is 0 Å². The van der Waals surface area contributed by atoms with Crippen LogP contribution >= 0.6 is 0 Å². The second-order valence-electron chi connectivity index (χ2n) is 8.05. The van der Waals surface area contributed by atoms with Gasteiger partial charge in [0.05, 0.1) is 5.92 Å². The summed E-state index contributed by atoms with van der Waals surface area (Å²) in [6.45, 7) is 6.98. The predicted molar refractivity (Wildman–Crippen MR) is 74.8 cm³/mol. The van der Waals surface area contributed by atoms with Crippen molar-refractivity contribution in [3.63, 3.8) is 0 Å². The van der Waals surface area contributed by atoms with Crippen LogP contribution in [0.25, 0.3) is 0 Å². The average Bonchev–Trinajstić information content (AvgIpc) is 2.92. The molecule has 3 aliphatic carbocycles. The Balaban J connectivity index is 1.71. The molecule has 19 heavy (non-hydrogen) atoms. The molecule has 108 valence electrons. The third-order valence-electron chi connectivity index (χ3n) is 5.94. The quantitative estimate of drug-likeness (QED) is 0.825. The van der Waals surface area contributed by atoms with Crippen LogP contribution in [0.3, 0.4) is 0 Å². The third kappa shape index (κ3) is 2.31. The first-order chi connectivity index (χ1) is 8.87. The fourth-order valence-electron chi connectivity index (χ4n) is 5.25. The van der Waals surface area contributed by atoms with E-state index in [1.807, 2.05) is 0 Å². The molecule has 6 unspecified atom stereocenters. The number of hydrogen-bond donors (Lipinski definition) is 2. The molecule has 0 aromatic heterocycles. The molecule has 0 aromatic carbocycles. The first-order valence-electron chi connectivity index (χ1n) is 7.86. The number of aliphatic carboxylic acids is 1. The minimum atomic E-state index is -0.574. The van der Waals surface area contributed by atoms with Gasteiger partial charge in [-0.15, -0.1) is 0 Å². The van der Waals surface area contributed by atoms with E-state index in [2.05, 4.69) is 26.1 Å². The van der Waals surface area contributed by atoms with Gasteiger partial charge in [-0.05, 0) is 55.3 Å². The van der Waals surface area contributed by atoms with Crippen LogP contribution in [-0.2, 0) is 4.79 Å². The zero-order valence-corrected chi connectivity index (χ0v) is 12.4. The summed E-state index contributed by atoms with van der Waals surface area (Å²) in [5, 5.41) is 13.3. The van der Waals surface area contributed by atoms with Crippen molar-refractivity contribution in [1.82, 2.24) is 5.32 Å². The molecule has 3 rings (SSSR count). The highest BCUT2D eigenvalue weighted by Gasteiger charge is 2.52. The summed E-state index contributed by atoms with van der Waals surface area (Å²) >= 11 is 0. The topological polar surface area (TPSA) is 49.3 Å². The molecule has 0 aliphatic heterocycles. The summed E-state index contributed by atoms with van der Waals surface area (Å²) < 4.78 is 0. The molecular weight excluding hydrogens is 238 g/mol. The molecule has 6 atom stereocenters. The summed E-state index contributed by atoms with van der Waals surface area (Å²) in [5.41, 5.74) is 0.410. The standard InChI is InChI=1S/C16H27NO2/c1-9-7-16(2,3)8-12(9)17-14-11-5-4-10(6-11)13(14)15(18)19/h9-14,17H,4-8H2,1-3H3,(H,18,19). The number of fused-ring (bicyclic) bond motifs is 2. The summed E-state index contributed by atoms with van der Waals surface area (Å²) in [6.07, 6.45) is 5.94. The minimum Gasteiger partial charge on any atom is -0.481 e. The first-order valence-corrected chi connectivity index (χ1v) is 7.86. The van der Waals surface area contributed by atoms with Gasteiger partial charge in [0, 0.05) is 12.1 Å². The van der Waals surface area contributed by atoms with E-state index in [9.17, 15) is 9.90 Å². The van der Waals surface area contributed by atoms with Gasteiger partial charge in [0.15, 0.2) is 0 Å². The normalized spacial score (nSPS) is 47.7. The van der Waals surface area contributed by atoms with Gasteiger partial charge in [-0.1, -0.05) is 20.8 Å². The van der Waals surface area contributed by atoms with E-state index in [-0.39, 0.29) is 12.0 Å². The van der Waals surface area contributed by atoms with Crippen LogP contribution in [-0.4, -0.2) is 23.2 Å². The van der Waals surface area contributed by atoms with Crippen molar-refractivity contribution >= 4 is 5.97 Å². The molecule has 0 radical (unpaired) electrons. The van der Waals surface area contributed by atoms with Crippen molar-refractivity contribution < 1.29 is 9.90 Å². The maximum atomic E-state index is 11.5. The largest absolute Gasteiger partial charge is 0.481 e. The smallest absolute Gasteiger partial charge is 0.308 e. The van der Waals surface area contributed by atoms with Crippen molar-refractivity contribution in [2.75, 3.05) is 0 Å². The van der Waals surface area contributed by atoms with E-state index in [1.165, 1.54) is 19.3 Å². The van der Waals surface area contributed by atoms with Crippen LogP contribution in [0.1, 0.15) is 52.9 Å². The highest BCUT2D eigenvalue weighted by atomic mass is 16.4. The van der Waals surface area contributed by atoms with Crippen LogP contribution < -0.4 is 5.32 Å². The van der Waals surface area contributed by atoms with Gasteiger partial charge < -0.3 is 10.4 Å². The van der Waals surface area contributed by atoms with Crippen LogP contribution in [0, 0.1) is 29.1 Å². The van der Waals surface area contributed by atoms with Crippen LogP contribution in [0.15, 0.2) is 0 Å². The number of carboxylic acid groups (broad SMARTS) is 1. The van der Waals surface area contributed by atoms with Gasteiger partial charge in [-0.3, -0.25) is 4.79 Å². The second kappa shape index (κ2) is 4.47. The van der Waals surface area contributed by atoms with Crippen LogP contribution in [0.2, 0.25) is 0 Å². The lowest BCUT2D eigenvalue weighted by atomic mass is 9.83. The van der Waals surface area contributed by atoms with Crippen molar-refractivity contribution in [2.24, 2.45) is 29.1 Å². The Kier molecular flexibility index (Phi) is 3.16. The fourth-order valence-corrected chi connectivity index (χ4v) is 5.25. The Bertz CT molecular complexity index is 379. The van der Waals surface area contributed by atoms with Crippen LogP contribution in [0.4, 0.5) is 0 Å². The molecule has 0 spiro atoms. The van der Waals surface area contributed by atoms with E-state index >= 15 is 0 Å². The Hall–Kier alpha value is -0.570. The van der Waals surface area contributed by atoms with Gasteiger partial charge in [-0.2, -0.15) is 0 Å².